The first-order valence-corrected chi connectivity index (χ1v) is 8.95. The maximum Gasteiger partial charge on any atom is 0.416 e. The van der Waals surface area contributed by atoms with E-state index < -0.39 is 11.7 Å². The van der Waals surface area contributed by atoms with E-state index in [-0.39, 0.29) is 24.0 Å². The van der Waals surface area contributed by atoms with Gasteiger partial charge in [0.1, 0.15) is 0 Å². The van der Waals surface area contributed by atoms with E-state index in [1.165, 1.54) is 12.1 Å². The fourth-order valence-corrected chi connectivity index (χ4v) is 2.72. The molecule has 2 aromatic rings. The van der Waals surface area contributed by atoms with Crippen molar-refractivity contribution in [2.45, 2.75) is 25.7 Å². The molecule has 0 bridgehead atoms. The molecule has 3 rings (SSSR count). The number of fused-ring (bicyclic) bond motifs is 1. The van der Waals surface area contributed by atoms with Crippen molar-refractivity contribution in [2.75, 3.05) is 20.3 Å². The molecule has 158 valence electrons. The normalized spacial score (nSPS) is 13.9. The Kier molecular flexibility index (Phi) is 8.42. The van der Waals surface area contributed by atoms with Crippen molar-refractivity contribution in [1.29, 1.82) is 0 Å². The maximum absolute atomic E-state index is 12.6. The molecule has 1 heterocycles. The second-order valence-corrected chi connectivity index (χ2v) is 6.31. The zero-order valence-corrected chi connectivity index (χ0v) is 18.2. The highest BCUT2D eigenvalue weighted by Gasteiger charge is 2.29. The van der Waals surface area contributed by atoms with E-state index in [0.717, 1.165) is 41.2 Å². The van der Waals surface area contributed by atoms with Crippen molar-refractivity contribution in [1.82, 2.24) is 10.6 Å². The van der Waals surface area contributed by atoms with Gasteiger partial charge in [-0.25, -0.2) is 0 Å². The molecular weight excluding hydrogens is 498 g/mol. The molecule has 0 spiro atoms. The third-order valence-corrected chi connectivity index (χ3v) is 4.24. The van der Waals surface area contributed by atoms with Crippen molar-refractivity contribution < 1.29 is 22.6 Å². The maximum atomic E-state index is 12.6. The average Bonchev–Trinajstić information content (AvgIpc) is 2.92. The zero-order chi connectivity index (χ0) is 20.0. The first kappa shape index (κ1) is 23.1. The summed E-state index contributed by atoms with van der Waals surface area (Å²) in [5, 5.41) is 6.26. The number of hydrogen-bond acceptors (Lipinski definition) is 3. The van der Waals surface area contributed by atoms with Gasteiger partial charge in [-0.1, -0.05) is 18.2 Å². The molecule has 5 nitrogen and oxygen atoms in total. The minimum Gasteiger partial charge on any atom is -0.490 e. The van der Waals surface area contributed by atoms with E-state index in [1.807, 2.05) is 18.2 Å². The molecule has 0 radical (unpaired) electrons. The topological polar surface area (TPSA) is 54.9 Å². The molecule has 0 fully saturated rings. The standard InChI is InChI=1S/C20H22F3N3O2.HI/c1-24-19(25-12-14-3-6-16(7-4-14)20(21,22)23)26-13-15-5-8-17-18(11-15)28-10-2-9-27-17;/h3-8,11H,2,9-10,12-13H2,1H3,(H2,24,25,26);1H. The molecule has 0 aliphatic carbocycles. The summed E-state index contributed by atoms with van der Waals surface area (Å²) in [5.74, 6) is 2.02. The molecule has 2 N–H and O–H groups in total. The van der Waals surface area contributed by atoms with E-state index >= 15 is 0 Å². The van der Waals surface area contributed by atoms with Crippen LogP contribution >= 0.6 is 24.0 Å². The van der Waals surface area contributed by atoms with Gasteiger partial charge in [-0.3, -0.25) is 4.99 Å². The Morgan fingerprint density at radius 3 is 2.14 bits per heavy atom. The summed E-state index contributed by atoms with van der Waals surface area (Å²) in [5.41, 5.74) is 1.07. The number of nitrogens with one attached hydrogen (secondary N) is 2. The van der Waals surface area contributed by atoms with Crippen LogP contribution in [0.1, 0.15) is 23.1 Å². The average molecular weight is 521 g/mol. The quantitative estimate of drug-likeness (QED) is 0.357. The molecule has 0 aromatic heterocycles. The minimum absolute atomic E-state index is 0. The fraction of sp³-hybridized carbons (Fsp3) is 0.350. The molecule has 0 saturated carbocycles. The largest absolute Gasteiger partial charge is 0.490 e. The highest BCUT2D eigenvalue weighted by molar-refractivity contribution is 14.0. The Balaban J connectivity index is 0.00000300. The lowest BCUT2D eigenvalue weighted by atomic mass is 10.1. The van der Waals surface area contributed by atoms with Crippen molar-refractivity contribution >= 4 is 29.9 Å². The van der Waals surface area contributed by atoms with Crippen LogP contribution in [0.5, 0.6) is 11.5 Å². The molecule has 2 aromatic carbocycles. The van der Waals surface area contributed by atoms with E-state index in [0.29, 0.717) is 32.3 Å². The van der Waals surface area contributed by atoms with E-state index in [4.69, 9.17) is 9.47 Å². The molecule has 0 atom stereocenters. The van der Waals surface area contributed by atoms with Crippen LogP contribution in [0.4, 0.5) is 13.2 Å². The lowest BCUT2D eigenvalue weighted by molar-refractivity contribution is -0.137. The van der Waals surface area contributed by atoms with Gasteiger partial charge >= 0.3 is 6.18 Å². The second-order valence-electron chi connectivity index (χ2n) is 6.31. The molecule has 0 saturated heterocycles. The summed E-state index contributed by atoms with van der Waals surface area (Å²) in [6.07, 6.45) is -3.48. The summed E-state index contributed by atoms with van der Waals surface area (Å²) in [4.78, 5) is 4.14. The van der Waals surface area contributed by atoms with Gasteiger partial charge in [0.05, 0.1) is 18.8 Å². The lowest BCUT2D eigenvalue weighted by Crippen LogP contribution is -2.36. The predicted octanol–water partition coefficient (Wildman–Crippen LogP) is 4.35. The Bertz CT molecular complexity index is 827. The van der Waals surface area contributed by atoms with Crippen molar-refractivity contribution in [2.24, 2.45) is 4.99 Å². The number of nitrogens with zero attached hydrogens (tertiary/aromatic N) is 1. The van der Waals surface area contributed by atoms with Crippen LogP contribution in [0.25, 0.3) is 0 Å². The Morgan fingerprint density at radius 2 is 1.52 bits per heavy atom. The van der Waals surface area contributed by atoms with Crippen LogP contribution in [0.15, 0.2) is 47.5 Å². The Labute approximate surface area is 184 Å². The number of aliphatic imine (C=N–C) groups is 1. The Morgan fingerprint density at radius 1 is 0.931 bits per heavy atom. The summed E-state index contributed by atoms with van der Waals surface area (Å²) in [6.45, 7) is 2.15. The molecule has 29 heavy (non-hydrogen) atoms. The van der Waals surface area contributed by atoms with Crippen molar-refractivity contribution in [3.63, 3.8) is 0 Å². The third-order valence-electron chi connectivity index (χ3n) is 4.24. The van der Waals surface area contributed by atoms with Crippen LogP contribution in [0, 0.1) is 0 Å². The highest BCUT2D eigenvalue weighted by Crippen LogP contribution is 2.30. The van der Waals surface area contributed by atoms with Gasteiger partial charge in [0.25, 0.3) is 0 Å². The summed E-state index contributed by atoms with van der Waals surface area (Å²) in [6, 6.07) is 10.8. The van der Waals surface area contributed by atoms with E-state index in [9.17, 15) is 13.2 Å². The number of benzene rings is 2. The van der Waals surface area contributed by atoms with Crippen molar-refractivity contribution in [3.05, 3.63) is 59.2 Å². The number of halogens is 4. The second kappa shape index (κ2) is 10.6. The van der Waals surface area contributed by atoms with Gasteiger partial charge < -0.3 is 20.1 Å². The molecule has 9 heteroatoms. The predicted molar refractivity (Wildman–Crippen MR) is 116 cm³/mol. The van der Waals surface area contributed by atoms with E-state index in [1.54, 1.807) is 7.05 Å². The zero-order valence-electron chi connectivity index (χ0n) is 15.9. The minimum atomic E-state index is -4.33. The number of alkyl halides is 3. The molecule has 0 amide bonds. The monoisotopic (exact) mass is 521 g/mol. The Hall–Kier alpha value is -2.17. The van der Waals surface area contributed by atoms with Gasteiger partial charge in [0.2, 0.25) is 0 Å². The van der Waals surface area contributed by atoms with Gasteiger partial charge in [0, 0.05) is 26.6 Å². The van der Waals surface area contributed by atoms with Crippen LogP contribution < -0.4 is 20.1 Å². The number of guanidine groups is 1. The van der Waals surface area contributed by atoms with Crippen LogP contribution in [0.3, 0.4) is 0 Å². The number of rotatable bonds is 4. The SMILES string of the molecule is CN=C(NCc1ccc(C(F)(F)F)cc1)NCc1ccc2c(c1)OCCCO2.I. The van der Waals surface area contributed by atoms with Gasteiger partial charge in [-0.15, -0.1) is 24.0 Å². The lowest BCUT2D eigenvalue weighted by Gasteiger charge is -2.14. The first-order chi connectivity index (χ1) is 13.5. The van der Waals surface area contributed by atoms with Gasteiger partial charge in [-0.05, 0) is 35.4 Å². The van der Waals surface area contributed by atoms with Gasteiger partial charge in [-0.2, -0.15) is 13.2 Å². The molecule has 0 unspecified atom stereocenters. The molecule has 1 aliphatic heterocycles. The smallest absolute Gasteiger partial charge is 0.416 e. The highest BCUT2D eigenvalue weighted by atomic mass is 127. The van der Waals surface area contributed by atoms with Crippen LogP contribution in [0.2, 0.25) is 0 Å². The number of hydrogen-bond donors (Lipinski definition) is 2. The van der Waals surface area contributed by atoms with Crippen LogP contribution in [-0.4, -0.2) is 26.2 Å². The summed E-state index contributed by atoms with van der Waals surface area (Å²) in [7, 11) is 1.63. The van der Waals surface area contributed by atoms with Crippen LogP contribution in [-0.2, 0) is 19.3 Å². The fourth-order valence-electron chi connectivity index (χ4n) is 2.72. The molecule has 1 aliphatic rings. The third kappa shape index (κ3) is 6.69. The summed E-state index contributed by atoms with van der Waals surface area (Å²) < 4.78 is 49.1. The summed E-state index contributed by atoms with van der Waals surface area (Å²) >= 11 is 0. The number of ether oxygens (including phenoxy) is 2. The first-order valence-electron chi connectivity index (χ1n) is 8.95. The van der Waals surface area contributed by atoms with E-state index in [2.05, 4.69) is 15.6 Å². The molecular formula is C20H23F3IN3O2. The van der Waals surface area contributed by atoms with Gasteiger partial charge in [0.15, 0.2) is 17.5 Å². The van der Waals surface area contributed by atoms with Crippen molar-refractivity contribution in [3.8, 4) is 11.5 Å².